The maximum absolute atomic E-state index is 13.5. The smallest absolute Gasteiger partial charge is 0.166 e. The first kappa shape index (κ1) is 27.5. The van der Waals surface area contributed by atoms with E-state index in [1.807, 2.05) is 91.0 Å². The van der Waals surface area contributed by atoms with Gasteiger partial charge in [-0.1, -0.05) is 115 Å². The minimum absolute atomic E-state index is 0.498. The highest BCUT2D eigenvalue weighted by Gasteiger charge is 2.34. The fourth-order valence-electron chi connectivity index (χ4n) is 4.98. The Hall–Kier alpha value is -4.02. The summed E-state index contributed by atoms with van der Waals surface area (Å²) in [7, 11) is 0. The minimum atomic E-state index is -4.53. The molecule has 40 heavy (non-hydrogen) atoms. The van der Waals surface area contributed by atoms with Crippen molar-refractivity contribution in [1.82, 2.24) is 0 Å². The van der Waals surface area contributed by atoms with Gasteiger partial charge in [0.2, 0.25) is 0 Å². The molecule has 202 valence electrons. The zero-order valence-electron chi connectivity index (χ0n) is 21.0. The van der Waals surface area contributed by atoms with Crippen molar-refractivity contribution in [2.24, 2.45) is 0 Å². The molecule has 0 aromatic heterocycles. The topological polar surface area (TPSA) is 0 Å². The number of halogens is 6. The van der Waals surface area contributed by atoms with E-state index in [-0.39, 0.29) is 0 Å². The van der Waals surface area contributed by atoms with Gasteiger partial charge in [0.25, 0.3) is 0 Å². The van der Waals surface area contributed by atoms with Crippen molar-refractivity contribution < 1.29 is 26.3 Å². The first-order chi connectivity index (χ1) is 19.1. The second-order valence-electron chi connectivity index (χ2n) is 9.18. The SMILES string of the molecule is FC(F)(F)c1ccc(C(c2ccc(C(F)(F)F)cc2)=P(c2ccccc2)(c2ccccc2)c2ccccc2)cc1. The fraction of sp³-hybridized carbons (Fsp3) is 0.0606. The van der Waals surface area contributed by atoms with Gasteiger partial charge in [0.05, 0.1) is 11.1 Å². The van der Waals surface area contributed by atoms with Crippen LogP contribution in [0.2, 0.25) is 0 Å². The van der Waals surface area contributed by atoms with Gasteiger partial charge >= 0.3 is 12.4 Å². The van der Waals surface area contributed by atoms with Crippen molar-refractivity contribution in [3.8, 4) is 0 Å². The van der Waals surface area contributed by atoms with Gasteiger partial charge in [-0.2, -0.15) is 26.3 Å². The van der Waals surface area contributed by atoms with Gasteiger partial charge in [-0.05, 0) is 63.5 Å². The maximum atomic E-state index is 13.5. The van der Waals surface area contributed by atoms with Crippen molar-refractivity contribution in [2.45, 2.75) is 12.4 Å². The van der Waals surface area contributed by atoms with Gasteiger partial charge in [0, 0.05) is 0 Å². The lowest BCUT2D eigenvalue weighted by molar-refractivity contribution is -0.138. The highest BCUT2D eigenvalue weighted by Crippen LogP contribution is 2.49. The Morgan fingerprint density at radius 3 is 0.900 bits per heavy atom. The molecule has 5 rings (SSSR count). The maximum Gasteiger partial charge on any atom is 0.416 e. The molecule has 0 saturated heterocycles. The molecule has 0 aliphatic rings. The van der Waals surface area contributed by atoms with E-state index < -0.39 is 30.4 Å². The van der Waals surface area contributed by atoms with Crippen LogP contribution in [0.4, 0.5) is 26.3 Å². The lowest BCUT2D eigenvalue weighted by atomic mass is 10.0. The standard InChI is InChI=1S/C33H23F6P/c34-32(35,36)26-20-16-24(17-21-26)31(25-18-22-27(23-19-25)33(37,38)39)40(28-10-4-1-5-11-28,29-12-6-2-7-13-29)30-14-8-3-9-15-30/h1-23H. The van der Waals surface area contributed by atoms with Crippen molar-refractivity contribution in [3.05, 3.63) is 162 Å². The zero-order chi connectivity index (χ0) is 28.4. The van der Waals surface area contributed by atoms with Crippen molar-refractivity contribution in [1.29, 1.82) is 0 Å². The van der Waals surface area contributed by atoms with Gasteiger partial charge < -0.3 is 0 Å². The Bertz CT molecular complexity index is 1460. The normalized spacial score (nSPS) is 12.2. The Labute approximate surface area is 228 Å². The van der Waals surface area contributed by atoms with Gasteiger partial charge in [-0.15, -0.1) is 0 Å². The van der Waals surface area contributed by atoms with E-state index in [1.54, 1.807) is 0 Å². The quantitative estimate of drug-likeness (QED) is 0.149. The predicted octanol–water partition coefficient (Wildman–Crippen LogP) is 8.29. The van der Waals surface area contributed by atoms with E-state index in [0.29, 0.717) is 16.4 Å². The third-order valence-corrected chi connectivity index (χ3v) is 11.1. The predicted molar refractivity (Wildman–Crippen MR) is 151 cm³/mol. The van der Waals surface area contributed by atoms with Crippen LogP contribution in [0, 0.1) is 0 Å². The Balaban J connectivity index is 2.01. The van der Waals surface area contributed by atoms with Gasteiger partial charge in [0.1, 0.15) is 0 Å². The highest BCUT2D eigenvalue weighted by atomic mass is 31.2. The van der Waals surface area contributed by atoms with Gasteiger partial charge in [0.15, 0.2) is 0 Å². The number of alkyl halides is 6. The molecule has 7 heteroatoms. The summed E-state index contributed by atoms with van der Waals surface area (Å²) in [5.74, 6) is 0. The molecule has 5 aromatic rings. The molecule has 0 saturated carbocycles. The average Bonchev–Trinajstić information content (AvgIpc) is 2.96. The van der Waals surface area contributed by atoms with Crippen molar-refractivity contribution in [2.75, 3.05) is 0 Å². The molecular formula is C33H23F6P. The number of hydrogen-bond acceptors (Lipinski definition) is 0. The fourth-order valence-corrected chi connectivity index (χ4v) is 9.58. The van der Waals surface area contributed by atoms with Crippen molar-refractivity contribution >= 4 is 28.1 Å². The molecule has 0 nitrogen and oxygen atoms in total. The lowest BCUT2D eigenvalue weighted by Crippen LogP contribution is -2.31. The van der Waals surface area contributed by atoms with Crippen LogP contribution in [0.25, 0.3) is 0 Å². The molecule has 0 bridgehead atoms. The summed E-state index contributed by atoms with van der Waals surface area (Å²) >= 11 is 0. The monoisotopic (exact) mass is 564 g/mol. The highest BCUT2D eigenvalue weighted by molar-refractivity contribution is 7.96. The number of hydrogen-bond donors (Lipinski definition) is 0. The molecule has 5 aromatic carbocycles. The summed E-state index contributed by atoms with van der Waals surface area (Å²) in [6.45, 7) is -2.86. The molecule has 0 heterocycles. The van der Waals surface area contributed by atoms with E-state index in [9.17, 15) is 26.3 Å². The zero-order valence-corrected chi connectivity index (χ0v) is 21.9. The van der Waals surface area contributed by atoms with Crippen LogP contribution in [0.5, 0.6) is 0 Å². The van der Waals surface area contributed by atoms with Crippen LogP contribution >= 0.6 is 6.89 Å². The third kappa shape index (κ3) is 5.24. The lowest BCUT2D eigenvalue weighted by Gasteiger charge is -2.33. The van der Waals surface area contributed by atoms with Crippen LogP contribution in [-0.4, -0.2) is 5.29 Å². The van der Waals surface area contributed by atoms with Crippen molar-refractivity contribution in [3.63, 3.8) is 0 Å². The molecule has 0 spiro atoms. The van der Waals surface area contributed by atoms with Gasteiger partial charge in [-0.25, -0.2) is 0 Å². The molecular weight excluding hydrogens is 541 g/mol. The Morgan fingerprint density at radius 2 is 0.650 bits per heavy atom. The summed E-state index contributed by atoms with van der Waals surface area (Å²) in [4.78, 5) is 0. The van der Waals surface area contributed by atoms with Crippen LogP contribution < -0.4 is 15.9 Å². The van der Waals surface area contributed by atoms with Crippen LogP contribution in [-0.2, 0) is 12.4 Å². The van der Waals surface area contributed by atoms with Crippen LogP contribution in [0.3, 0.4) is 0 Å². The van der Waals surface area contributed by atoms with E-state index in [4.69, 9.17) is 0 Å². The summed E-state index contributed by atoms with van der Waals surface area (Å²) < 4.78 is 81.1. The summed E-state index contributed by atoms with van der Waals surface area (Å²) in [5, 5.41) is 3.42. The molecule has 0 unspecified atom stereocenters. The van der Waals surface area contributed by atoms with E-state index >= 15 is 0 Å². The first-order valence-corrected chi connectivity index (χ1v) is 14.2. The molecule has 0 radical (unpaired) electrons. The molecule has 0 aliphatic heterocycles. The number of rotatable bonds is 5. The molecule has 0 fully saturated rings. The first-order valence-electron chi connectivity index (χ1n) is 12.4. The minimum Gasteiger partial charge on any atom is -0.166 e. The summed E-state index contributed by atoms with van der Waals surface area (Å²) in [5.41, 5.74) is -0.604. The second kappa shape index (κ2) is 10.9. The van der Waals surface area contributed by atoms with Crippen LogP contribution in [0.15, 0.2) is 140 Å². The molecule has 0 aliphatic carbocycles. The molecule has 0 N–H and O–H groups in total. The van der Waals surface area contributed by atoms with E-state index in [0.717, 1.165) is 40.2 Å². The number of benzene rings is 5. The van der Waals surface area contributed by atoms with Crippen LogP contribution in [0.1, 0.15) is 22.3 Å². The third-order valence-electron chi connectivity index (χ3n) is 6.74. The largest absolute Gasteiger partial charge is 0.416 e. The summed E-state index contributed by atoms with van der Waals surface area (Å²) in [6, 6.07) is 38.6. The summed E-state index contributed by atoms with van der Waals surface area (Å²) in [6.07, 6.45) is -9.06. The second-order valence-corrected chi connectivity index (χ2v) is 12.5. The van der Waals surface area contributed by atoms with E-state index in [2.05, 4.69) is 0 Å². The Morgan fingerprint density at radius 1 is 0.375 bits per heavy atom. The molecule has 0 amide bonds. The molecule has 0 atom stereocenters. The van der Waals surface area contributed by atoms with Gasteiger partial charge in [-0.3, -0.25) is 0 Å². The van der Waals surface area contributed by atoms with E-state index in [1.165, 1.54) is 24.3 Å². The Kier molecular flexibility index (Phi) is 7.48. The average molecular weight is 565 g/mol.